The highest BCUT2D eigenvalue weighted by atomic mass is 16.5. The first-order valence-electron chi connectivity index (χ1n) is 7.52. The largest absolute Gasteiger partial charge is 0.394 e. The second-order valence-electron chi connectivity index (χ2n) is 5.64. The molecule has 2 aromatic rings. The van der Waals surface area contributed by atoms with Gasteiger partial charge in [0.2, 0.25) is 0 Å². The number of aromatic nitrogens is 5. The second kappa shape index (κ2) is 6.09. The van der Waals surface area contributed by atoms with Gasteiger partial charge in [-0.05, 0) is 13.3 Å². The first kappa shape index (κ1) is 15.6. The summed E-state index contributed by atoms with van der Waals surface area (Å²) in [5, 5.41) is 17.7. The zero-order chi connectivity index (χ0) is 16.6. The molecule has 0 unspecified atom stereocenters. The molecule has 0 aromatic carbocycles. The number of aryl methyl sites for hydroxylation is 2. The monoisotopic (exact) mass is 321 g/mol. The summed E-state index contributed by atoms with van der Waals surface area (Å²) in [7, 11) is 0. The summed E-state index contributed by atoms with van der Waals surface area (Å²) >= 11 is 0. The molecule has 1 fully saturated rings. The van der Waals surface area contributed by atoms with E-state index in [0.29, 0.717) is 12.0 Å². The van der Waals surface area contributed by atoms with Crippen LogP contribution in [0.2, 0.25) is 0 Å². The summed E-state index contributed by atoms with van der Waals surface area (Å²) in [5.74, 6) is 0. The lowest BCUT2D eigenvalue weighted by molar-refractivity contribution is -0.0323. The first-order chi connectivity index (χ1) is 11.0. The SMILES string of the molecule is CCc1cn([C@@H]2C[C@H](n3cc(C)c(=O)[nH]c3=O)O[C@@H]2CO)nn1. The molecule has 9 heteroatoms. The predicted octanol–water partition coefficient (Wildman–Crippen LogP) is -0.480. The van der Waals surface area contributed by atoms with Crippen molar-refractivity contribution in [1.29, 1.82) is 0 Å². The number of hydrogen-bond acceptors (Lipinski definition) is 6. The van der Waals surface area contributed by atoms with Crippen molar-refractivity contribution < 1.29 is 9.84 Å². The molecular formula is C14H19N5O4. The molecule has 0 bridgehead atoms. The average Bonchev–Trinajstić information content (AvgIpc) is 3.16. The Morgan fingerprint density at radius 2 is 2.22 bits per heavy atom. The number of aliphatic hydroxyl groups excluding tert-OH is 1. The fourth-order valence-corrected chi connectivity index (χ4v) is 2.77. The molecule has 3 heterocycles. The van der Waals surface area contributed by atoms with Crippen LogP contribution >= 0.6 is 0 Å². The number of H-pyrrole nitrogens is 1. The van der Waals surface area contributed by atoms with Gasteiger partial charge in [-0.25, -0.2) is 9.48 Å². The van der Waals surface area contributed by atoms with Crippen LogP contribution in [-0.4, -0.2) is 42.4 Å². The van der Waals surface area contributed by atoms with Crippen LogP contribution in [0.3, 0.4) is 0 Å². The highest BCUT2D eigenvalue weighted by Crippen LogP contribution is 2.35. The lowest BCUT2D eigenvalue weighted by Gasteiger charge is -2.15. The number of aliphatic hydroxyl groups is 1. The topological polar surface area (TPSA) is 115 Å². The zero-order valence-corrected chi connectivity index (χ0v) is 13.0. The fourth-order valence-electron chi connectivity index (χ4n) is 2.77. The molecule has 2 N–H and O–H groups in total. The van der Waals surface area contributed by atoms with Crippen molar-refractivity contribution in [2.45, 2.75) is 45.1 Å². The van der Waals surface area contributed by atoms with Crippen LogP contribution in [0.5, 0.6) is 0 Å². The van der Waals surface area contributed by atoms with Crippen molar-refractivity contribution in [2.75, 3.05) is 6.61 Å². The summed E-state index contributed by atoms with van der Waals surface area (Å²) in [5.41, 5.74) is 0.326. The van der Waals surface area contributed by atoms with Gasteiger partial charge in [0.25, 0.3) is 5.56 Å². The van der Waals surface area contributed by atoms with E-state index in [1.165, 1.54) is 10.8 Å². The third-order valence-electron chi connectivity index (χ3n) is 4.10. The number of nitrogens with one attached hydrogen (secondary N) is 1. The molecular weight excluding hydrogens is 302 g/mol. The number of hydrogen-bond donors (Lipinski definition) is 2. The highest BCUT2D eigenvalue weighted by Gasteiger charge is 2.38. The van der Waals surface area contributed by atoms with Crippen molar-refractivity contribution in [1.82, 2.24) is 24.5 Å². The molecule has 0 radical (unpaired) electrons. The van der Waals surface area contributed by atoms with Gasteiger partial charge < -0.3 is 9.84 Å². The number of rotatable bonds is 4. The zero-order valence-electron chi connectivity index (χ0n) is 13.0. The Hall–Kier alpha value is -2.26. The Morgan fingerprint density at radius 1 is 1.43 bits per heavy atom. The van der Waals surface area contributed by atoms with Gasteiger partial charge in [-0.2, -0.15) is 0 Å². The van der Waals surface area contributed by atoms with Gasteiger partial charge in [-0.3, -0.25) is 14.3 Å². The van der Waals surface area contributed by atoms with Crippen LogP contribution in [0.1, 0.15) is 36.9 Å². The minimum Gasteiger partial charge on any atom is -0.394 e. The number of aromatic amines is 1. The molecule has 1 aliphatic rings. The normalized spacial score (nSPS) is 24.2. The van der Waals surface area contributed by atoms with E-state index in [-0.39, 0.29) is 12.6 Å². The maximum atomic E-state index is 12.0. The summed E-state index contributed by atoms with van der Waals surface area (Å²) in [6.45, 7) is 3.41. The Balaban J connectivity index is 1.91. The molecule has 0 spiro atoms. The molecule has 1 saturated heterocycles. The quantitative estimate of drug-likeness (QED) is 0.786. The van der Waals surface area contributed by atoms with E-state index < -0.39 is 23.6 Å². The lowest BCUT2D eigenvalue weighted by atomic mass is 10.1. The molecule has 0 saturated carbocycles. The molecule has 9 nitrogen and oxygen atoms in total. The van der Waals surface area contributed by atoms with Crippen molar-refractivity contribution >= 4 is 0 Å². The molecule has 3 atom stereocenters. The van der Waals surface area contributed by atoms with Gasteiger partial charge in [0, 0.05) is 24.4 Å². The standard InChI is InChI=1S/C14H19N5O4/c1-3-9-6-19(17-16-9)10-4-12(23-11(10)7-20)18-5-8(2)13(21)15-14(18)22/h5-6,10-12,20H,3-4,7H2,1-2H3,(H,15,21,22)/t10-,11-,12-/m1/s1. The minimum atomic E-state index is -0.575. The molecule has 124 valence electrons. The van der Waals surface area contributed by atoms with Crippen molar-refractivity contribution in [3.63, 3.8) is 0 Å². The van der Waals surface area contributed by atoms with Crippen molar-refractivity contribution in [3.05, 3.63) is 44.5 Å². The molecule has 0 aliphatic carbocycles. The lowest BCUT2D eigenvalue weighted by Crippen LogP contribution is -2.33. The van der Waals surface area contributed by atoms with Crippen LogP contribution < -0.4 is 11.2 Å². The minimum absolute atomic E-state index is 0.195. The molecule has 3 rings (SSSR count). The smallest absolute Gasteiger partial charge is 0.330 e. The maximum Gasteiger partial charge on any atom is 0.330 e. The van der Waals surface area contributed by atoms with E-state index in [9.17, 15) is 14.7 Å². The summed E-state index contributed by atoms with van der Waals surface area (Å²) in [6.07, 6.45) is 3.43. The van der Waals surface area contributed by atoms with Crippen molar-refractivity contribution in [3.8, 4) is 0 Å². The Kier molecular flexibility index (Phi) is 4.14. The van der Waals surface area contributed by atoms with E-state index >= 15 is 0 Å². The molecule has 23 heavy (non-hydrogen) atoms. The van der Waals surface area contributed by atoms with Gasteiger partial charge in [-0.15, -0.1) is 5.10 Å². The number of nitrogens with zero attached hydrogens (tertiary/aromatic N) is 4. The summed E-state index contributed by atoms with van der Waals surface area (Å²) < 4.78 is 8.80. The second-order valence-corrected chi connectivity index (χ2v) is 5.64. The van der Waals surface area contributed by atoms with Gasteiger partial charge in [0.05, 0.1) is 18.3 Å². The Morgan fingerprint density at radius 3 is 2.87 bits per heavy atom. The average molecular weight is 321 g/mol. The van der Waals surface area contributed by atoms with Crippen LogP contribution in [0, 0.1) is 6.92 Å². The van der Waals surface area contributed by atoms with Crippen molar-refractivity contribution in [2.24, 2.45) is 0 Å². The molecule has 2 aromatic heterocycles. The first-order valence-corrected chi connectivity index (χ1v) is 7.52. The van der Waals surface area contributed by atoms with E-state index in [1.807, 2.05) is 13.1 Å². The van der Waals surface area contributed by atoms with E-state index in [1.54, 1.807) is 11.6 Å². The van der Waals surface area contributed by atoms with Crippen LogP contribution in [-0.2, 0) is 11.2 Å². The van der Waals surface area contributed by atoms with Gasteiger partial charge in [0.15, 0.2) is 0 Å². The van der Waals surface area contributed by atoms with E-state index in [0.717, 1.165) is 12.1 Å². The third-order valence-corrected chi connectivity index (χ3v) is 4.10. The highest BCUT2D eigenvalue weighted by molar-refractivity contribution is 5.02. The fraction of sp³-hybridized carbons (Fsp3) is 0.571. The van der Waals surface area contributed by atoms with Crippen LogP contribution in [0.15, 0.2) is 22.0 Å². The van der Waals surface area contributed by atoms with Crippen LogP contribution in [0.4, 0.5) is 0 Å². The van der Waals surface area contributed by atoms with Gasteiger partial charge in [0.1, 0.15) is 12.3 Å². The summed E-state index contributed by atoms with van der Waals surface area (Å²) in [4.78, 5) is 25.7. The predicted molar refractivity (Wildman–Crippen MR) is 80.1 cm³/mol. The van der Waals surface area contributed by atoms with E-state index in [4.69, 9.17) is 4.74 Å². The Bertz CT molecular complexity index is 808. The Labute approximate surface area is 131 Å². The maximum absolute atomic E-state index is 12.0. The van der Waals surface area contributed by atoms with E-state index in [2.05, 4.69) is 15.3 Å². The number of ether oxygens (including phenoxy) is 1. The third kappa shape index (κ3) is 2.84. The summed E-state index contributed by atoms with van der Waals surface area (Å²) in [6, 6.07) is -0.225. The van der Waals surface area contributed by atoms with Crippen LogP contribution in [0.25, 0.3) is 0 Å². The molecule has 1 aliphatic heterocycles. The molecule has 0 amide bonds. The van der Waals surface area contributed by atoms with Gasteiger partial charge in [-0.1, -0.05) is 12.1 Å². The van der Waals surface area contributed by atoms with Gasteiger partial charge >= 0.3 is 5.69 Å².